The SMILES string of the molecule is Cc1ccccc1-c1c2c(cc[n+]1C)nc1ccsn12. The summed E-state index contributed by atoms with van der Waals surface area (Å²) in [6, 6.07) is 12.6. The van der Waals surface area contributed by atoms with Gasteiger partial charge in [-0.05, 0) is 24.6 Å². The number of aryl methyl sites for hydroxylation is 2. The maximum absolute atomic E-state index is 4.69. The Morgan fingerprint density at radius 1 is 1.15 bits per heavy atom. The van der Waals surface area contributed by atoms with Crippen molar-refractivity contribution in [2.24, 2.45) is 7.05 Å². The van der Waals surface area contributed by atoms with Crippen molar-refractivity contribution in [3.63, 3.8) is 0 Å². The summed E-state index contributed by atoms with van der Waals surface area (Å²) in [5, 5.41) is 2.08. The smallest absolute Gasteiger partial charge is 0.240 e. The molecule has 0 saturated heterocycles. The van der Waals surface area contributed by atoms with Crippen LogP contribution >= 0.6 is 11.5 Å². The molecule has 4 aromatic rings. The normalized spacial score (nSPS) is 11.5. The lowest BCUT2D eigenvalue weighted by molar-refractivity contribution is -0.659. The van der Waals surface area contributed by atoms with Gasteiger partial charge in [-0.15, -0.1) is 0 Å². The third-order valence-electron chi connectivity index (χ3n) is 3.71. The lowest BCUT2D eigenvalue weighted by Gasteiger charge is -2.05. The zero-order chi connectivity index (χ0) is 13.7. The molecule has 0 unspecified atom stereocenters. The van der Waals surface area contributed by atoms with Crippen molar-refractivity contribution >= 4 is 28.2 Å². The molecule has 0 radical (unpaired) electrons. The molecule has 3 heterocycles. The Morgan fingerprint density at radius 2 is 2.00 bits per heavy atom. The van der Waals surface area contributed by atoms with Crippen LogP contribution in [-0.2, 0) is 7.05 Å². The molecule has 0 bridgehead atoms. The molecule has 0 aliphatic carbocycles. The van der Waals surface area contributed by atoms with Gasteiger partial charge >= 0.3 is 0 Å². The molecule has 4 heteroatoms. The minimum absolute atomic E-state index is 1.02. The van der Waals surface area contributed by atoms with Gasteiger partial charge in [0, 0.05) is 11.4 Å². The fourth-order valence-corrected chi connectivity index (χ4v) is 3.52. The van der Waals surface area contributed by atoms with Gasteiger partial charge in [0.1, 0.15) is 18.2 Å². The summed E-state index contributed by atoms with van der Waals surface area (Å²) in [5.74, 6) is 0. The van der Waals surface area contributed by atoms with Crippen molar-refractivity contribution in [1.82, 2.24) is 8.77 Å². The van der Waals surface area contributed by atoms with Crippen LogP contribution in [0.3, 0.4) is 0 Å². The number of imidazole rings is 1. The number of rotatable bonds is 1. The quantitative estimate of drug-likeness (QED) is 0.490. The monoisotopic (exact) mass is 280 g/mol. The predicted octanol–water partition coefficient (Wildman–Crippen LogP) is 3.35. The van der Waals surface area contributed by atoms with E-state index < -0.39 is 0 Å². The lowest BCUT2D eigenvalue weighted by atomic mass is 10.0. The maximum Gasteiger partial charge on any atom is 0.240 e. The van der Waals surface area contributed by atoms with E-state index >= 15 is 0 Å². The summed E-state index contributed by atoms with van der Waals surface area (Å²) in [7, 11) is 2.09. The van der Waals surface area contributed by atoms with Gasteiger partial charge in [0.05, 0.1) is 5.56 Å². The molecule has 0 aliphatic heterocycles. The van der Waals surface area contributed by atoms with Gasteiger partial charge in [0.15, 0.2) is 11.7 Å². The van der Waals surface area contributed by atoms with Gasteiger partial charge in [-0.25, -0.2) is 8.77 Å². The molecule has 1 aromatic carbocycles. The van der Waals surface area contributed by atoms with Crippen LogP contribution < -0.4 is 4.57 Å². The molecule has 0 spiro atoms. The van der Waals surface area contributed by atoms with Crippen LogP contribution in [0.15, 0.2) is 48.0 Å². The molecule has 0 aliphatic rings. The highest BCUT2D eigenvalue weighted by molar-refractivity contribution is 7.05. The average Bonchev–Trinajstić information content (AvgIpc) is 3.01. The number of hydrogen-bond acceptors (Lipinski definition) is 2. The van der Waals surface area contributed by atoms with E-state index in [0.717, 1.165) is 11.2 Å². The zero-order valence-electron chi connectivity index (χ0n) is 11.4. The summed E-state index contributed by atoms with van der Waals surface area (Å²) in [5.41, 5.74) is 7.02. The first-order chi connectivity index (χ1) is 9.75. The predicted molar refractivity (Wildman–Crippen MR) is 81.9 cm³/mol. The largest absolute Gasteiger partial charge is 0.240 e. The molecular weight excluding hydrogens is 266 g/mol. The molecule has 4 rings (SSSR count). The first-order valence-electron chi connectivity index (χ1n) is 6.56. The number of pyridine rings is 1. The summed E-state index contributed by atoms with van der Waals surface area (Å²) < 4.78 is 4.38. The Bertz CT molecular complexity index is 933. The van der Waals surface area contributed by atoms with E-state index in [1.165, 1.54) is 22.3 Å². The van der Waals surface area contributed by atoms with Crippen molar-refractivity contribution in [3.05, 3.63) is 53.5 Å². The topological polar surface area (TPSA) is 21.2 Å². The highest BCUT2D eigenvalue weighted by atomic mass is 32.1. The highest BCUT2D eigenvalue weighted by Crippen LogP contribution is 2.29. The number of fused-ring (bicyclic) bond motifs is 3. The highest BCUT2D eigenvalue weighted by Gasteiger charge is 2.21. The van der Waals surface area contributed by atoms with E-state index in [9.17, 15) is 0 Å². The van der Waals surface area contributed by atoms with Crippen molar-refractivity contribution in [1.29, 1.82) is 0 Å². The number of nitrogens with zero attached hydrogens (tertiary/aromatic N) is 3. The first kappa shape index (κ1) is 11.6. The molecule has 0 atom stereocenters. The van der Waals surface area contributed by atoms with Crippen molar-refractivity contribution < 1.29 is 4.57 Å². The molecule has 0 fully saturated rings. The zero-order valence-corrected chi connectivity index (χ0v) is 12.2. The van der Waals surface area contributed by atoms with Crippen molar-refractivity contribution in [2.75, 3.05) is 0 Å². The molecule has 3 aromatic heterocycles. The lowest BCUT2D eigenvalue weighted by Crippen LogP contribution is -2.30. The molecule has 0 amide bonds. The Balaban J connectivity index is 2.22. The number of benzene rings is 1. The summed E-state index contributed by atoms with van der Waals surface area (Å²) >= 11 is 1.69. The first-order valence-corrected chi connectivity index (χ1v) is 7.40. The van der Waals surface area contributed by atoms with Crippen LogP contribution in [0.1, 0.15) is 5.56 Å². The summed E-state index contributed by atoms with van der Waals surface area (Å²) in [6.45, 7) is 2.15. The number of hydrogen-bond donors (Lipinski definition) is 0. The van der Waals surface area contributed by atoms with Gasteiger partial charge in [-0.1, -0.05) is 29.7 Å². The van der Waals surface area contributed by atoms with Crippen LogP contribution in [-0.4, -0.2) is 8.77 Å². The van der Waals surface area contributed by atoms with Crippen molar-refractivity contribution in [2.45, 2.75) is 6.92 Å². The van der Waals surface area contributed by atoms with E-state index in [0.29, 0.717) is 0 Å². The van der Waals surface area contributed by atoms with E-state index in [1.807, 2.05) is 0 Å². The van der Waals surface area contributed by atoms with E-state index in [2.05, 4.69) is 70.3 Å². The number of aromatic nitrogens is 3. The molecular formula is C16H14N3S+. The van der Waals surface area contributed by atoms with Crippen LogP contribution in [0.2, 0.25) is 0 Å². The van der Waals surface area contributed by atoms with Crippen molar-refractivity contribution in [3.8, 4) is 11.3 Å². The van der Waals surface area contributed by atoms with Crippen LogP contribution in [0, 0.1) is 6.92 Å². The standard InChI is InChI=1S/C16H14N3S/c1-11-5-3-4-6-12(11)15-16-13(7-9-18(15)2)17-14-8-10-20-19(14)16/h3-10H,1-2H3/q+1. The Hall–Kier alpha value is -2.20. The average molecular weight is 280 g/mol. The summed E-state index contributed by atoms with van der Waals surface area (Å²) in [4.78, 5) is 4.69. The maximum atomic E-state index is 4.69. The van der Waals surface area contributed by atoms with Crippen LogP contribution in [0.25, 0.3) is 27.9 Å². The molecule has 0 N–H and O–H groups in total. The second-order valence-corrected chi connectivity index (χ2v) is 5.84. The van der Waals surface area contributed by atoms with Gasteiger partial charge < -0.3 is 0 Å². The van der Waals surface area contributed by atoms with Gasteiger partial charge in [-0.2, -0.15) is 4.57 Å². The van der Waals surface area contributed by atoms with Gasteiger partial charge in [0.2, 0.25) is 5.69 Å². The van der Waals surface area contributed by atoms with Gasteiger partial charge in [-0.3, -0.25) is 0 Å². The Kier molecular flexibility index (Phi) is 2.41. The van der Waals surface area contributed by atoms with E-state index in [4.69, 9.17) is 4.98 Å². The molecule has 3 nitrogen and oxygen atoms in total. The molecule has 20 heavy (non-hydrogen) atoms. The Labute approximate surface area is 120 Å². The van der Waals surface area contributed by atoms with E-state index in [1.54, 1.807) is 11.5 Å². The minimum Gasteiger partial charge on any atom is -0.240 e. The third-order valence-corrected chi connectivity index (χ3v) is 4.54. The fraction of sp³-hybridized carbons (Fsp3) is 0.125. The molecule has 0 saturated carbocycles. The fourth-order valence-electron chi connectivity index (χ4n) is 2.72. The second-order valence-electron chi connectivity index (χ2n) is 5.00. The van der Waals surface area contributed by atoms with Gasteiger partial charge in [0.25, 0.3) is 0 Å². The Morgan fingerprint density at radius 3 is 2.85 bits per heavy atom. The third kappa shape index (κ3) is 1.51. The van der Waals surface area contributed by atoms with Crippen LogP contribution in [0.4, 0.5) is 0 Å². The molecule has 98 valence electrons. The van der Waals surface area contributed by atoms with E-state index in [-0.39, 0.29) is 0 Å². The van der Waals surface area contributed by atoms with Crippen LogP contribution in [0.5, 0.6) is 0 Å². The summed E-state index contributed by atoms with van der Waals surface area (Å²) in [6.07, 6.45) is 2.08. The minimum atomic E-state index is 1.02. The second kappa shape index (κ2) is 4.15.